The lowest BCUT2D eigenvalue weighted by molar-refractivity contribution is 0.868. The van der Waals surface area contributed by atoms with Crippen molar-refractivity contribution in [3.8, 4) is 0 Å². The average molecular weight is 184 g/mol. The van der Waals surface area contributed by atoms with Gasteiger partial charge in [-0.2, -0.15) is 0 Å². The maximum Gasteiger partial charge on any atom is 0.211 e. The van der Waals surface area contributed by atoms with Gasteiger partial charge in [-0.05, 0) is 17.5 Å². The van der Waals surface area contributed by atoms with Crippen LogP contribution in [0.15, 0.2) is 24.4 Å². The van der Waals surface area contributed by atoms with Crippen LogP contribution in [0, 0.1) is 6.57 Å². The van der Waals surface area contributed by atoms with E-state index < -0.39 is 0 Å². The first-order valence-corrected chi connectivity index (χ1v) is 4.71. The molecule has 0 unspecified atom stereocenters. The monoisotopic (exact) mass is 184 g/mol. The number of hydrogen-bond donors (Lipinski definition) is 1. The first kappa shape index (κ1) is 8.83. The molecule has 1 N–H and O–H groups in total. The summed E-state index contributed by atoms with van der Waals surface area (Å²) >= 11 is 0. The van der Waals surface area contributed by atoms with E-state index in [4.69, 9.17) is 6.57 Å². The lowest BCUT2D eigenvalue weighted by Gasteiger charge is -2.04. The molecule has 0 aliphatic heterocycles. The van der Waals surface area contributed by atoms with E-state index in [0.29, 0.717) is 11.6 Å². The van der Waals surface area contributed by atoms with Crippen LogP contribution in [0.5, 0.6) is 0 Å². The minimum absolute atomic E-state index is 0.527. The lowest BCUT2D eigenvalue weighted by atomic mass is 10.0. The van der Waals surface area contributed by atoms with Crippen LogP contribution < -0.4 is 0 Å². The first-order chi connectivity index (χ1) is 6.72. The standard InChI is InChI=1S/C12H12N2/c1-8(2)9-4-5-10-11(6-9)14-7-12(10)13-3/h4-8,14H,1-2H3. The van der Waals surface area contributed by atoms with Crippen LogP contribution in [0.25, 0.3) is 15.7 Å². The molecule has 1 aromatic carbocycles. The molecule has 0 fully saturated rings. The van der Waals surface area contributed by atoms with Gasteiger partial charge in [0.05, 0.1) is 6.57 Å². The Balaban J connectivity index is 2.64. The van der Waals surface area contributed by atoms with Gasteiger partial charge in [0.15, 0.2) is 0 Å². The Labute approximate surface area is 83.4 Å². The highest BCUT2D eigenvalue weighted by Crippen LogP contribution is 2.28. The van der Waals surface area contributed by atoms with Crippen LogP contribution in [0.2, 0.25) is 0 Å². The number of rotatable bonds is 1. The molecule has 0 bridgehead atoms. The molecular weight excluding hydrogens is 172 g/mol. The molecule has 0 saturated heterocycles. The average Bonchev–Trinajstić information content (AvgIpc) is 2.59. The molecule has 0 amide bonds. The Hall–Kier alpha value is -1.75. The number of fused-ring (bicyclic) bond motifs is 1. The Kier molecular flexibility index (Phi) is 2.01. The molecule has 0 saturated carbocycles. The first-order valence-electron chi connectivity index (χ1n) is 4.71. The predicted octanol–water partition coefficient (Wildman–Crippen LogP) is 3.84. The molecule has 70 valence electrons. The minimum atomic E-state index is 0.527. The summed E-state index contributed by atoms with van der Waals surface area (Å²) < 4.78 is 0. The van der Waals surface area contributed by atoms with Crippen LogP contribution in [-0.2, 0) is 0 Å². The van der Waals surface area contributed by atoms with Gasteiger partial charge < -0.3 is 4.98 Å². The molecule has 1 heterocycles. The van der Waals surface area contributed by atoms with Gasteiger partial charge in [-0.3, -0.25) is 0 Å². The fraction of sp³-hybridized carbons (Fsp3) is 0.250. The van der Waals surface area contributed by atoms with Crippen LogP contribution in [0.4, 0.5) is 5.69 Å². The van der Waals surface area contributed by atoms with E-state index in [-0.39, 0.29) is 0 Å². The van der Waals surface area contributed by atoms with Crippen molar-refractivity contribution in [1.29, 1.82) is 0 Å². The van der Waals surface area contributed by atoms with Crippen molar-refractivity contribution in [3.05, 3.63) is 41.4 Å². The van der Waals surface area contributed by atoms with Gasteiger partial charge in [0.2, 0.25) is 5.69 Å². The normalized spacial score (nSPS) is 10.7. The maximum atomic E-state index is 6.99. The molecule has 2 nitrogen and oxygen atoms in total. The fourth-order valence-electron chi connectivity index (χ4n) is 1.58. The van der Waals surface area contributed by atoms with Crippen molar-refractivity contribution in [3.63, 3.8) is 0 Å². The molecule has 0 radical (unpaired) electrons. The molecule has 2 heteroatoms. The van der Waals surface area contributed by atoms with E-state index in [1.54, 1.807) is 6.20 Å². The van der Waals surface area contributed by atoms with Gasteiger partial charge >= 0.3 is 0 Å². The molecule has 1 aromatic heterocycles. The zero-order valence-electron chi connectivity index (χ0n) is 8.33. The second kappa shape index (κ2) is 3.19. The summed E-state index contributed by atoms with van der Waals surface area (Å²) in [6.45, 7) is 11.3. The third kappa shape index (κ3) is 1.27. The molecule has 0 aliphatic rings. The molecule has 0 atom stereocenters. The van der Waals surface area contributed by atoms with Crippen LogP contribution in [0.3, 0.4) is 0 Å². The second-order valence-corrected chi connectivity index (χ2v) is 3.75. The number of benzene rings is 1. The van der Waals surface area contributed by atoms with E-state index in [1.165, 1.54) is 5.56 Å². The summed E-state index contributed by atoms with van der Waals surface area (Å²) in [6, 6.07) is 6.23. The second-order valence-electron chi connectivity index (χ2n) is 3.75. The Morgan fingerprint density at radius 2 is 2.14 bits per heavy atom. The molecule has 2 rings (SSSR count). The predicted molar refractivity (Wildman–Crippen MR) is 58.6 cm³/mol. The van der Waals surface area contributed by atoms with E-state index in [1.807, 2.05) is 6.07 Å². The van der Waals surface area contributed by atoms with Crippen molar-refractivity contribution in [2.45, 2.75) is 19.8 Å². The van der Waals surface area contributed by atoms with Crippen LogP contribution in [-0.4, -0.2) is 4.98 Å². The van der Waals surface area contributed by atoms with Gasteiger partial charge in [-0.25, -0.2) is 4.85 Å². The van der Waals surface area contributed by atoms with Gasteiger partial charge in [0, 0.05) is 17.1 Å². The number of H-pyrrole nitrogens is 1. The molecule has 0 aliphatic carbocycles. The van der Waals surface area contributed by atoms with Crippen molar-refractivity contribution < 1.29 is 0 Å². The van der Waals surface area contributed by atoms with Crippen molar-refractivity contribution in [2.24, 2.45) is 0 Å². The van der Waals surface area contributed by atoms with Crippen LogP contribution >= 0.6 is 0 Å². The summed E-state index contributed by atoms with van der Waals surface area (Å²) in [7, 11) is 0. The van der Waals surface area contributed by atoms with Gasteiger partial charge in [-0.1, -0.05) is 26.0 Å². The molecule has 0 spiro atoms. The topological polar surface area (TPSA) is 20.1 Å². The van der Waals surface area contributed by atoms with Crippen molar-refractivity contribution >= 4 is 16.6 Å². The zero-order valence-corrected chi connectivity index (χ0v) is 8.33. The minimum Gasteiger partial charge on any atom is -0.372 e. The summed E-state index contributed by atoms with van der Waals surface area (Å²) in [5.74, 6) is 0.527. The highest BCUT2D eigenvalue weighted by Gasteiger charge is 2.05. The maximum absolute atomic E-state index is 6.99. The van der Waals surface area contributed by atoms with Crippen molar-refractivity contribution in [2.75, 3.05) is 0 Å². The third-order valence-corrected chi connectivity index (χ3v) is 2.47. The number of aromatic amines is 1. The summed E-state index contributed by atoms with van der Waals surface area (Å²) in [5.41, 5.74) is 3.06. The third-order valence-electron chi connectivity index (χ3n) is 2.47. The lowest BCUT2D eigenvalue weighted by Crippen LogP contribution is -1.85. The number of nitrogens with zero attached hydrogens (tertiary/aromatic N) is 1. The SMILES string of the molecule is [C-]#[N+]c1c[nH]c2cc(C(C)C)ccc12. The molecule has 14 heavy (non-hydrogen) atoms. The van der Waals surface area contributed by atoms with Crippen molar-refractivity contribution in [1.82, 2.24) is 4.98 Å². The van der Waals surface area contributed by atoms with E-state index in [0.717, 1.165) is 10.9 Å². The van der Waals surface area contributed by atoms with Gasteiger partial charge in [0.1, 0.15) is 0 Å². The van der Waals surface area contributed by atoms with Crippen LogP contribution in [0.1, 0.15) is 25.3 Å². The van der Waals surface area contributed by atoms with Gasteiger partial charge in [0.25, 0.3) is 0 Å². The number of hydrogen-bond acceptors (Lipinski definition) is 0. The summed E-state index contributed by atoms with van der Waals surface area (Å²) in [6.07, 6.45) is 1.77. The largest absolute Gasteiger partial charge is 0.372 e. The molecular formula is C12H12N2. The Morgan fingerprint density at radius 3 is 2.79 bits per heavy atom. The smallest absolute Gasteiger partial charge is 0.211 e. The fourth-order valence-corrected chi connectivity index (χ4v) is 1.58. The Morgan fingerprint density at radius 1 is 1.36 bits per heavy atom. The zero-order chi connectivity index (χ0) is 10.1. The van der Waals surface area contributed by atoms with Gasteiger partial charge in [-0.15, -0.1) is 0 Å². The number of aromatic nitrogens is 1. The summed E-state index contributed by atoms with van der Waals surface area (Å²) in [4.78, 5) is 6.57. The summed E-state index contributed by atoms with van der Waals surface area (Å²) in [5, 5.41) is 1.02. The van der Waals surface area contributed by atoms with E-state index in [2.05, 4.69) is 35.8 Å². The quantitative estimate of drug-likeness (QED) is 0.650. The Bertz CT molecular complexity index is 501. The molecule has 2 aromatic rings. The van der Waals surface area contributed by atoms with E-state index in [9.17, 15) is 0 Å². The number of nitrogens with one attached hydrogen (secondary N) is 1. The van der Waals surface area contributed by atoms with E-state index >= 15 is 0 Å². The highest BCUT2D eigenvalue weighted by molar-refractivity contribution is 5.93. The highest BCUT2D eigenvalue weighted by atomic mass is 14.8.